The molecular weight excluding hydrogens is 302 g/mol. The van der Waals surface area contributed by atoms with Crippen LogP contribution in [0.4, 0.5) is 8.78 Å². The molecule has 3 nitrogen and oxygen atoms in total. The lowest BCUT2D eigenvalue weighted by molar-refractivity contribution is -0.127. The predicted molar refractivity (Wildman–Crippen MR) is 84.5 cm³/mol. The van der Waals surface area contributed by atoms with Gasteiger partial charge in [0.1, 0.15) is 5.60 Å². The Kier molecular flexibility index (Phi) is 6.36. The number of halogens is 2. The van der Waals surface area contributed by atoms with Gasteiger partial charge in [0.15, 0.2) is 11.6 Å². The molecule has 1 N–H and O–H groups in total. The van der Waals surface area contributed by atoms with Crippen molar-refractivity contribution in [1.29, 1.82) is 0 Å². The van der Waals surface area contributed by atoms with E-state index in [2.05, 4.69) is 6.92 Å². The van der Waals surface area contributed by atoms with Crippen LogP contribution in [0.5, 0.6) is 5.75 Å². The minimum atomic E-state index is -1.48. The van der Waals surface area contributed by atoms with Gasteiger partial charge in [0.05, 0.1) is 19.3 Å². The molecule has 2 unspecified atom stereocenters. The highest BCUT2D eigenvalue weighted by atomic mass is 19.2. The van der Waals surface area contributed by atoms with Crippen molar-refractivity contribution in [2.75, 3.05) is 13.2 Å². The summed E-state index contributed by atoms with van der Waals surface area (Å²) < 4.78 is 39.0. The van der Waals surface area contributed by atoms with E-state index in [4.69, 9.17) is 9.47 Å². The number of ether oxygens (including phenoxy) is 2. The zero-order valence-electron chi connectivity index (χ0n) is 13.9. The molecule has 0 bridgehead atoms. The maximum absolute atomic E-state index is 14.3. The molecule has 0 radical (unpaired) electrons. The summed E-state index contributed by atoms with van der Waals surface area (Å²) in [6.45, 7) is 4.09. The van der Waals surface area contributed by atoms with Crippen LogP contribution in [0.15, 0.2) is 12.1 Å². The van der Waals surface area contributed by atoms with Crippen molar-refractivity contribution in [3.8, 4) is 5.75 Å². The van der Waals surface area contributed by atoms with Crippen molar-refractivity contribution in [1.82, 2.24) is 0 Å². The fraction of sp³-hybridized carbons (Fsp3) is 0.667. The Hall–Kier alpha value is -1.20. The van der Waals surface area contributed by atoms with Crippen LogP contribution in [0.2, 0.25) is 0 Å². The van der Waals surface area contributed by atoms with Gasteiger partial charge in [0.25, 0.3) is 0 Å². The number of benzene rings is 1. The Morgan fingerprint density at radius 3 is 2.65 bits per heavy atom. The first-order valence-corrected chi connectivity index (χ1v) is 8.47. The highest BCUT2D eigenvalue weighted by molar-refractivity contribution is 5.34. The number of hydrogen-bond donors (Lipinski definition) is 1. The summed E-state index contributed by atoms with van der Waals surface area (Å²) in [6, 6.07) is 2.76. The van der Waals surface area contributed by atoms with Gasteiger partial charge >= 0.3 is 0 Å². The van der Waals surface area contributed by atoms with E-state index >= 15 is 0 Å². The van der Waals surface area contributed by atoms with Crippen LogP contribution in [0.1, 0.15) is 57.9 Å². The van der Waals surface area contributed by atoms with E-state index in [1.54, 1.807) is 6.92 Å². The molecule has 0 spiro atoms. The summed E-state index contributed by atoms with van der Waals surface area (Å²) in [5, 5.41) is 10.7. The monoisotopic (exact) mass is 328 g/mol. The first-order chi connectivity index (χ1) is 11.0. The molecule has 0 aromatic heterocycles. The molecule has 0 saturated carbocycles. The molecule has 23 heavy (non-hydrogen) atoms. The Morgan fingerprint density at radius 1 is 1.26 bits per heavy atom. The summed E-state index contributed by atoms with van der Waals surface area (Å²) in [7, 11) is 0. The van der Waals surface area contributed by atoms with E-state index in [9.17, 15) is 13.9 Å². The second-order valence-corrected chi connectivity index (χ2v) is 6.17. The summed E-state index contributed by atoms with van der Waals surface area (Å²) >= 11 is 0. The molecule has 2 atom stereocenters. The van der Waals surface area contributed by atoms with Gasteiger partial charge in [-0.1, -0.05) is 26.2 Å². The third kappa shape index (κ3) is 4.21. The third-order valence-electron chi connectivity index (χ3n) is 4.42. The van der Waals surface area contributed by atoms with Crippen molar-refractivity contribution in [2.45, 2.75) is 64.1 Å². The molecule has 0 amide bonds. The summed E-state index contributed by atoms with van der Waals surface area (Å²) in [6.07, 6.45) is 5.45. The average molecular weight is 328 g/mol. The van der Waals surface area contributed by atoms with Gasteiger partial charge in [-0.05, 0) is 38.3 Å². The predicted octanol–water partition coefficient (Wildman–Crippen LogP) is 4.31. The highest BCUT2D eigenvalue weighted by Gasteiger charge is 2.38. The molecule has 1 heterocycles. The van der Waals surface area contributed by atoms with Gasteiger partial charge in [-0.3, -0.25) is 0 Å². The molecule has 0 aliphatic carbocycles. The van der Waals surface area contributed by atoms with Gasteiger partial charge in [0.2, 0.25) is 5.82 Å². The summed E-state index contributed by atoms with van der Waals surface area (Å²) in [5.74, 6) is -2.24. The molecule has 1 aliphatic rings. The first kappa shape index (κ1) is 18.1. The lowest BCUT2D eigenvalue weighted by Gasteiger charge is -2.36. The molecular formula is C18H26F2O3. The number of rotatable bonds is 7. The van der Waals surface area contributed by atoms with Gasteiger partial charge in [-0.15, -0.1) is 0 Å². The second kappa shape index (κ2) is 8.06. The molecule has 2 rings (SSSR count). The quantitative estimate of drug-likeness (QED) is 0.758. The van der Waals surface area contributed by atoms with Gasteiger partial charge < -0.3 is 14.6 Å². The third-order valence-corrected chi connectivity index (χ3v) is 4.42. The molecule has 1 aromatic carbocycles. The first-order valence-electron chi connectivity index (χ1n) is 8.47. The van der Waals surface area contributed by atoms with E-state index in [0.717, 1.165) is 25.7 Å². The van der Waals surface area contributed by atoms with Crippen molar-refractivity contribution in [3.63, 3.8) is 0 Å². The van der Waals surface area contributed by atoms with E-state index in [1.165, 1.54) is 12.1 Å². The summed E-state index contributed by atoms with van der Waals surface area (Å²) in [5.41, 5.74) is -1.53. The minimum Gasteiger partial charge on any atom is -0.491 e. The molecule has 130 valence electrons. The Labute approximate surface area is 136 Å². The fourth-order valence-corrected chi connectivity index (χ4v) is 3.03. The van der Waals surface area contributed by atoms with Crippen LogP contribution >= 0.6 is 0 Å². The van der Waals surface area contributed by atoms with Crippen molar-refractivity contribution in [2.24, 2.45) is 0 Å². The number of unbranched alkanes of at least 4 members (excludes halogenated alkanes) is 2. The fourth-order valence-electron chi connectivity index (χ4n) is 3.03. The van der Waals surface area contributed by atoms with Crippen LogP contribution in [0.3, 0.4) is 0 Å². The zero-order valence-corrected chi connectivity index (χ0v) is 13.9. The van der Waals surface area contributed by atoms with E-state index in [0.29, 0.717) is 12.8 Å². The average Bonchev–Trinajstić information content (AvgIpc) is 2.54. The number of aliphatic hydroxyl groups is 1. The smallest absolute Gasteiger partial charge is 0.200 e. The van der Waals surface area contributed by atoms with Crippen LogP contribution in [0, 0.1) is 11.6 Å². The largest absolute Gasteiger partial charge is 0.491 e. The topological polar surface area (TPSA) is 38.7 Å². The standard InChI is InChI=1S/C18H26F2O3/c1-3-5-6-7-13-10-11-18(21,12-23-13)14-8-9-15(22-4-2)17(20)16(14)19/h8-9,13,21H,3-7,10-12H2,1-2H3. The minimum absolute atomic E-state index is 0.00582. The lowest BCUT2D eigenvalue weighted by atomic mass is 9.85. The van der Waals surface area contributed by atoms with E-state index in [1.807, 2.05) is 0 Å². The van der Waals surface area contributed by atoms with Crippen LogP contribution in [-0.2, 0) is 10.3 Å². The highest BCUT2D eigenvalue weighted by Crippen LogP contribution is 2.37. The summed E-state index contributed by atoms with van der Waals surface area (Å²) in [4.78, 5) is 0. The van der Waals surface area contributed by atoms with Gasteiger partial charge in [-0.2, -0.15) is 4.39 Å². The Morgan fingerprint density at radius 2 is 2.04 bits per heavy atom. The van der Waals surface area contributed by atoms with Crippen molar-refractivity contribution in [3.05, 3.63) is 29.3 Å². The SMILES string of the molecule is CCCCCC1CCC(O)(c2ccc(OCC)c(F)c2F)CO1. The van der Waals surface area contributed by atoms with E-state index < -0.39 is 17.2 Å². The maximum atomic E-state index is 14.3. The normalized spacial score (nSPS) is 24.7. The molecule has 1 saturated heterocycles. The molecule has 1 fully saturated rings. The van der Waals surface area contributed by atoms with Crippen molar-refractivity contribution < 1.29 is 23.4 Å². The zero-order chi connectivity index (χ0) is 16.9. The van der Waals surface area contributed by atoms with Crippen LogP contribution in [-0.4, -0.2) is 24.4 Å². The van der Waals surface area contributed by atoms with Gasteiger partial charge in [-0.25, -0.2) is 4.39 Å². The second-order valence-electron chi connectivity index (χ2n) is 6.17. The van der Waals surface area contributed by atoms with Crippen LogP contribution in [0.25, 0.3) is 0 Å². The van der Waals surface area contributed by atoms with Crippen molar-refractivity contribution >= 4 is 0 Å². The van der Waals surface area contributed by atoms with Gasteiger partial charge in [0, 0.05) is 5.56 Å². The molecule has 1 aromatic rings. The Balaban J connectivity index is 2.06. The molecule has 5 heteroatoms. The maximum Gasteiger partial charge on any atom is 0.200 e. The number of hydrogen-bond acceptors (Lipinski definition) is 3. The Bertz CT molecular complexity index is 511. The van der Waals surface area contributed by atoms with E-state index in [-0.39, 0.29) is 30.6 Å². The lowest BCUT2D eigenvalue weighted by Crippen LogP contribution is -2.40. The van der Waals surface area contributed by atoms with Crippen LogP contribution < -0.4 is 4.74 Å². The molecule has 1 aliphatic heterocycles.